The van der Waals surface area contributed by atoms with E-state index in [9.17, 15) is 18.0 Å². The molecule has 0 fully saturated rings. The number of carbonyl (C=O) groups excluding carboxylic acids is 2. The van der Waals surface area contributed by atoms with Crippen molar-refractivity contribution in [2.75, 3.05) is 10.0 Å². The molecule has 3 aromatic carbocycles. The third-order valence-corrected chi connectivity index (χ3v) is 6.49. The Kier molecular flexibility index (Phi) is 7.34. The van der Waals surface area contributed by atoms with Crippen LogP contribution in [0.3, 0.4) is 0 Å². The highest BCUT2D eigenvalue weighted by atomic mass is 32.2. The Hall–Kier alpha value is -4.16. The number of sulfonamides is 1. The van der Waals surface area contributed by atoms with Crippen LogP contribution in [0.15, 0.2) is 71.6 Å². The van der Waals surface area contributed by atoms with Crippen molar-refractivity contribution in [3.63, 3.8) is 0 Å². The van der Waals surface area contributed by atoms with Crippen LogP contribution < -0.4 is 10.0 Å². The van der Waals surface area contributed by atoms with Gasteiger partial charge in [0.2, 0.25) is 0 Å². The predicted octanol–water partition coefficient (Wildman–Crippen LogP) is 4.16. The van der Waals surface area contributed by atoms with E-state index in [1.54, 1.807) is 68.4 Å². The fourth-order valence-electron chi connectivity index (χ4n) is 3.15. The Morgan fingerprint density at radius 1 is 0.971 bits per heavy atom. The molecule has 0 unspecified atom stereocenters. The van der Waals surface area contributed by atoms with E-state index in [0.29, 0.717) is 11.3 Å². The van der Waals surface area contributed by atoms with E-state index in [1.165, 1.54) is 19.1 Å². The van der Waals surface area contributed by atoms with Crippen molar-refractivity contribution >= 4 is 33.3 Å². The number of benzene rings is 3. The summed E-state index contributed by atoms with van der Waals surface area (Å²) in [6, 6.07) is 19.4. The van der Waals surface area contributed by atoms with Crippen molar-refractivity contribution in [2.24, 2.45) is 0 Å². The average molecular weight is 478 g/mol. The quantitative estimate of drug-likeness (QED) is 0.492. The molecule has 174 valence electrons. The van der Waals surface area contributed by atoms with Crippen molar-refractivity contribution in [3.05, 3.63) is 89.0 Å². The standard InChI is InChI=1S/C25H23N3O5S/c1-16-12-13-17(2)23(14-16)34(31,32)28-22-11-7-5-9-20(22)25(30)33-18(3)24(29)27-21-10-6-4-8-19(21)15-26/h4-14,18,28H,1-3H3,(H,27,29)/t18-/m1/s1. The summed E-state index contributed by atoms with van der Waals surface area (Å²) in [6.07, 6.45) is -1.21. The van der Waals surface area contributed by atoms with Crippen molar-refractivity contribution in [1.29, 1.82) is 5.26 Å². The van der Waals surface area contributed by atoms with E-state index in [1.807, 2.05) is 6.07 Å². The Balaban J connectivity index is 1.78. The molecular formula is C25H23N3O5S. The number of carbonyl (C=O) groups is 2. The summed E-state index contributed by atoms with van der Waals surface area (Å²) >= 11 is 0. The lowest BCUT2D eigenvalue weighted by Gasteiger charge is -2.17. The van der Waals surface area contributed by atoms with Crippen LogP contribution in [0.2, 0.25) is 0 Å². The third kappa shape index (κ3) is 5.60. The normalized spacial score (nSPS) is 11.7. The zero-order chi connectivity index (χ0) is 24.9. The minimum atomic E-state index is -3.98. The predicted molar refractivity (Wildman–Crippen MR) is 128 cm³/mol. The molecule has 0 saturated carbocycles. The van der Waals surface area contributed by atoms with Gasteiger partial charge < -0.3 is 10.1 Å². The van der Waals surface area contributed by atoms with Gasteiger partial charge in [0, 0.05) is 0 Å². The van der Waals surface area contributed by atoms with Gasteiger partial charge in [-0.25, -0.2) is 13.2 Å². The molecule has 9 heteroatoms. The first-order valence-electron chi connectivity index (χ1n) is 10.3. The lowest BCUT2D eigenvalue weighted by molar-refractivity contribution is -0.123. The minimum Gasteiger partial charge on any atom is -0.449 e. The van der Waals surface area contributed by atoms with Crippen LogP contribution in [0.4, 0.5) is 11.4 Å². The van der Waals surface area contributed by atoms with Gasteiger partial charge in [-0.15, -0.1) is 0 Å². The summed E-state index contributed by atoms with van der Waals surface area (Å²) in [5.41, 5.74) is 1.86. The van der Waals surface area contributed by atoms with E-state index in [4.69, 9.17) is 10.00 Å². The highest BCUT2D eigenvalue weighted by Crippen LogP contribution is 2.24. The number of aryl methyl sites for hydroxylation is 2. The van der Waals surface area contributed by atoms with Crippen LogP contribution in [0.1, 0.15) is 34.0 Å². The second kappa shape index (κ2) is 10.2. The SMILES string of the molecule is Cc1ccc(C)c(S(=O)(=O)Nc2ccccc2C(=O)O[C@H](C)C(=O)Nc2ccccc2C#N)c1. The number of ether oxygens (including phenoxy) is 1. The zero-order valence-electron chi connectivity index (χ0n) is 18.8. The molecule has 34 heavy (non-hydrogen) atoms. The lowest BCUT2D eigenvalue weighted by atomic mass is 10.2. The monoisotopic (exact) mass is 477 g/mol. The number of esters is 1. The van der Waals surface area contributed by atoms with Gasteiger partial charge in [-0.3, -0.25) is 9.52 Å². The van der Waals surface area contributed by atoms with Gasteiger partial charge >= 0.3 is 5.97 Å². The topological polar surface area (TPSA) is 125 Å². The summed E-state index contributed by atoms with van der Waals surface area (Å²) in [6.45, 7) is 4.84. The molecule has 0 heterocycles. The molecule has 0 aromatic heterocycles. The number of hydrogen-bond donors (Lipinski definition) is 2. The Morgan fingerprint density at radius 2 is 1.62 bits per heavy atom. The van der Waals surface area contributed by atoms with Crippen LogP contribution in [-0.2, 0) is 19.6 Å². The van der Waals surface area contributed by atoms with E-state index in [0.717, 1.165) is 5.56 Å². The molecule has 8 nitrogen and oxygen atoms in total. The smallest absolute Gasteiger partial charge is 0.341 e. The Bertz CT molecular complexity index is 1390. The van der Waals surface area contributed by atoms with E-state index in [2.05, 4.69) is 10.0 Å². The number of rotatable bonds is 7. The van der Waals surface area contributed by atoms with Gasteiger partial charge in [0.15, 0.2) is 6.10 Å². The van der Waals surface area contributed by atoms with Crippen molar-refractivity contribution in [2.45, 2.75) is 31.8 Å². The molecule has 1 amide bonds. The molecule has 0 bridgehead atoms. The first-order chi connectivity index (χ1) is 16.1. The van der Waals surface area contributed by atoms with Gasteiger partial charge in [0.25, 0.3) is 15.9 Å². The second-order valence-electron chi connectivity index (χ2n) is 7.61. The highest BCUT2D eigenvalue weighted by Gasteiger charge is 2.24. The van der Waals surface area contributed by atoms with Crippen molar-refractivity contribution in [1.82, 2.24) is 0 Å². The number of nitriles is 1. The summed E-state index contributed by atoms with van der Waals surface area (Å²) in [4.78, 5) is 25.4. The number of nitrogens with one attached hydrogen (secondary N) is 2. The van der Waals surface area contributed by atoms with Gasteiger partial charge in [-0.05, 0) is 62.2 Å². The maximum absolute atomic E-state index is 13.0. The molecular weight excluding hydrogens is 454 g/mol. The van der Waals surface area contributed by atoms with Crippen LogP contribution in [0.5, 0.6) is 0 Å². The molecule has 1 atom stereocenters. The van der Waals surface area contributed by atoms with E-state index >= 15 is 0 Å². The van der Waals surface area contributed by atoms with Gasteiger partial charge in [-0.2, -0.15) is 5.26 Å². The van der Waals surface area contributed by atoms with E-state index in [-0.39, 0.29) is 21.7 Å². The van der Waals surface area contributed by atoms with Crippen LogP contribution in [0.25, 0.3) is 0 Å². The number of hydrogen-bond acceptors (Lipinski definition) is 6. The largest absolute Gasteiger partial charge is 0.449 e. The molecule has 0 spiro atoms. The minimum absolute atomic E-state index is 0.0239. The van der Waals surface area contributed by atoms with Gasteiger partial charge in [0.05, 0.1) is 27.4 Å². The van der Waals surface area contributed by atoms with Crippen LogP contribution >= 0.6 is 0 Å². The number of para-hydroxylation sites is 2. The average Bonchev–Trinajstić information content (AvgIpc) is 2.80. The summed E-state index contributed by atoms with van der Waals surface area (Å²) in [5.74, 6) is -1.51. The Morgan fingerprint density at radius 3 is 2.32 bits per heavy atom. The highest BCUT2D eigenvalue weighted by molar-refractivity contribution is 7.92. The molecule has 0 radical (unpaired) electrons. The van der Waals surface area contributed by atoms with Gasteiger partial charge in [-0.1, -0.05) is 36.4 Å². The zero-order valence-corrected chi connectivity index (χ0v) is 19.6. The van der Waals surface area contributed by atoms with Crippen molar-refractivity contribution < 1.29 is 22.7 Å². The lowest BCUT2D eigenvalue weighted by Crippen LogP contribution is -2.30. The maximum atomic E-state index is 13.0. The second-order valence-corrected chi connectivity index (χ2v) is 9.27. The van der Waals surface area contributed by atoms with Crippen LogP contribution in [0, 0.1) is 25.2 Å². The van der Waals surface area contributed by atoms with Gasteiger partial charge in [0.1, 0.15) is 6.07 Å². The number of nitrogens with zero attached hydrogens (tertiary/aromatic N) is 1. The first-order valence-corrected chi connectivity index (χ1v) is 11.8. The third-order valence-electron chi connectivity index (χ3n) is 4.98. The Labute approximate surface area is 198 Å². The van der Waals surface area contributed by atoms with Crippen LogP contribution in [-0.4, -0.2) is 26.4 Å². The molecule has 3 aromatic rings. The number of amides is 1. The molecule has 2 N–H and O–H groups in total. The molecule has 0 saturated heterocycles. The summed E-state index contributed by atoms with van der Waals surface area (Å²) in [7, 11) is -3.98. The molecule has 3 rings (SSSR count). The fraction of sp³-hybridized carbons (Fsp3) is 0.160. The first kappa shape index (κ1) is 24.5. The molecule has 0 aliphatic carbocycles. The van der Waals surface area contributed by atoms with Crippen molar-refractivity contribution in [3.8, 4) is 6.07 Å². The molecule has 0 aliphatic rings. The summed E-state index contributed by atoms with van der Waals surface area (Å²) in [5, 5.41) is 11.7. The van der Waals surface area contributed by atoms with E-state index < -0.39 is 28.0 Å². The summed E-state index contributed by atoms with van der Waals surface area (Å²) < 4.78 is 33.7. The number of anilines is 2. The fourth-order valence-corrected chi connectivity index (χ4v) is 4.56. The molecule has 0 aliphatic heterocycles. The maximum Gasteiger partial charge on any atom is 0.341 e.